The zero-order valence-electron chi connectivity index (χ0n) is 29.3. The van der Waals surface area contributed by atoms with Gasteiger partial charge < -0.3 is 3.87 Å². The number of rotatable bonds is 14. The number of hydrogen-bond acceptors (Lipinski definition) is 3. The van der Waals surface area contributed by atoms with Gasteiger partial charge in [0.2, 0.25) is 8.32 Å². The van der Waals surface area contributed by atoms with Gasteiger partial charge in [-0.15, -0.1) is 0 Å². The lowest BCUT2D eigenvalue weighted by Gasteiger charge is -2.50. The Hall–Kier alpha value is -1.43. The zero-order chi connectivity index (χ0) is 34.1. The quantitative estimate of drug-likeness (QED) is 0.148. The SMILES string of the molecule is CCC(C)[SiH](C(C)CC)C(C)(C)c1ccccc1.CCC(C)[Si](OS(=O)(=O)C(F)(F)F)(C(C)CC)C(C)(C)c1ccccc1. The molecule has 0 aliphatic rings. The first kappa shape index (κ1) is 40.6. The van der Waals surface area contributed by atoms with Gasteiger partial charge in [-0.25, -0.2) is 0 Å². The van der Waals surface area contributed by atoms with Gasteiger partial charge in [-0.2, -0.15) is 21.6 Å². The Morgan fingerprint density at radius 3 is 1.36 bits per heavy atom. The van der Waals surface area contributed by atoms with Crippen LogP contribution in [0.2, 0.25) is 22.2 Å². The highest BCUT2D eigenvalue weighted by Crippen LogP contribution is 2.52. The molecule has 4 atom stereocenters. The molecule has 9 heteroatoms. The van der Waals surface area contributed by atoms with Crippen LogP contribution in [0.15, 0.2) is 60.7 Å². The molecule has 0 N–H and O–H groups in total. The topological polar surface area (TPSA) is 43.4 Å². The number of hydrogen-bond donors (Lipinski definition) is 0. The zero-order valence-corrected chi connectivity index (χ0v) is 32.2. The van der Waals surface area contributed by atoms with Crippen LogP contribution in [-0.2, 0) is 24.1 Å². The Bertz CT molecular complexity index is 1200. The van der Waals surface area contributed by atoms with Gasteiger partial charge in [0.1, 0.15) is 0 Å². The average Bonchev–Trinajstić information content (AvgIpc) is 2.99. The van der Waals surface area contributed by atoms with Crippen LogP contribution in [-0.4, -0.2) is 31.0 Å². The Balaban J connectivity index is 0.000000470. The van der Waals surface area contributed by atoms with Crippen molar-refractivity contribution in [3.63, 3.8) is 0 Å². The first-order chi connectivity index (χ1) is 20.2. The minimum atomic E-state index is -5.70. The van der Waals surface area contributed by atoms with E-state index in [9.17, 15) is 21.6 Å². The summed E-state index contributed by atoms with van der Waals surface area (Å²) in [5.41, 5.74) is -1.84. The largest absolute Gasteiger partial charge is 0.522 e. The maximum Gasteiger partial charge on any atom is 0.522 e. The molecule has 2 rings (SSSR count). The van der Waals surface area contributed by atoms with Crippen molar-refractivity contribution in [1.29, 1.82) is 0 Å². The lowest BCUT2D eigenvalue weighted by atomic mass is 10.0. The van der Waals surface area contributed by atoms with E-state index in [1.54, 1.807) is 5.56 Å². The monoisotopic (exact) mass is 672 g/mol. The Morgan fingerprint density at radius 2 is 1.05 bits per heavy atom. The first-order valence-electron chi connectivity index (χ1n) is 16.4. The third kappa shape index (κ3) is 8.88. The molecule has 2 aromatic rings. The Kier molecular flexibility index (Phi) is 15.1. The molecule has 0 spiro atoms. The number of benzene rings is 2. The van der Waals surface area contributed by atoms with E-state index in [1.165, 1.54) is 12.8 Å². The summed E-state index contributed by atoms with van der Waals surface area (Å²) >= 11 is 0. The molecule has 0 aliphatic heterocycles. The predicted octanol–water partition coefficient (Wildman–Crippen LogP) is 11.2. The van der Waals surface area contributed by atoms with E-state index in [4.69, 9.17) is 3.87 Å². The Morgan fingerprint density at radius 1 is 0.682 bits per heavy atom. The van der Waals surface area contributed by atoms with E-state index < -0.39 is 37.8 Å². The van der Waals surface area contributed by atoms with Crippen LogP contribution >= 0.6 is 0 Å². The van der Waals surface area contributed by atoms with Crippen molar-refractivity contribution in [3.8, 4) is 0 Å². The van der Waals surface area contributed by atoms with Gasteiger partial charge >= 0.3 is 15.6 Å². The van der Waals surface area contributed by atoms with E-state index in [0.717, 1.165) is 16.6 Å². The molecule has 0 saturated heterocycles. The average molecular weight is 673 g/mol. The third-order valence-corrected chi connectivity index (χ3v) is 24.5. The fraction of sp³-hybridized carbons (Fsp3) is 0.657. The second kappa shape index (κ2) is 16.4. The summed E-state index contributed by atoms with van der Waals surface area (Å²) < 4.78 is 69.0. The minimum Gasteiger partial charge on any atom is -0.306 e. The van der Waals surface area contributed by atoms with Crippen molar-refractivity contribution in [2.45, 2.75) is 147 Å². The number of alkyl halides is 3. The summed E-state index contributed by atoms with van der Waals surface area (Å²) in [6.45, 7) is 25.6. The summed E-state index contributed by atoms with van der Waals surface area (Å²) in [7, 11) is -10.1. The summed E-state index contributed by atoms with van der Waals surface area (Å²) in [6, 6.07) is 20.3. The van der Waals surface area contributed by atoms with Crippen LogP contribution in [0.3, 0.4) is 0 Å². The molecular formula is C35H59F3O3SSi2. The second-order valence-corrected chi connectivity index (χ2v) is 25.4. The van der Waals surface area contributed by atoms with E-state index in [2.05, 4.69) is 71.9 Å². The second-order valence-electron chi connectivity index (χ2n) is 13.8. The van der Waals surface area contributed by atoms with Crippen molar-refractivity contribution in [3.05, 3.63) is 71.8 Å². The van der Waals surface area contributed by atoms with Gasteiger partial charge in [0.15, 0.2) is 0 Å². The first-order valence-corrected chi connectivity index (χ1v) is 21.7. The molecule has 2 aromatic carbocycles. The highest BCUT2D eigenvalue weighted by Gasteiger charge is 2.62. The van der Waals surface area contributed by atoms with Crippen molar-refractivity contribution in [1.82, 2.24) is 0 Å². The molecule has 252 valence electrons. The van der Waals surface area contributed by atoms with Crippen LogP contribution in [0, 0.1) is 0 Å². The number of halogens is 3. The smallest absolute Gasteiger partial charge is 0.306 e. The van der Waals surface area contributed by atoms with Crippen LogP contribution in [0.5, 0.6) is 0 Å². The maximum absolute atomic E-state index is 13.2. The summed E-state index contributed by atoms with van der Waals surface area (Å²) in [4.78, 5) is 0. The molecule has 0 fully saturated rings. The summed E-state index contributed by atoms with van der Waals surface area (Å²) in [5.74, 6) is 0. The van der Waals surface area contributed by atoms with Crippen molar-refractivity contribution >= 4 is 27.2 Å². The van der Waals surface area contributed by atoms with Crippen molar-refractivity contribution < 1.29 is 25.5 Å². The lowest BCUT2D eigenvalue weighted by molar-refractivity contribution is -0.0507. The highest BCUT2D eigenvalue weighted by molar-refractivity contribution is 7.88. The maximum atomic E-state index is 13.2. The molecule has 0 saturated carbocycles. The van der Waals surface area contributed by atoms with E-state index in [1.807, 2.05) is 71.9 Å². The van der Waals surface area contributed by atoms with Gasteiger partial charge in [-0.3, -0.25) is 0 Å². The van der Waals surface area contributed by atoms with Gasteiger partial charge in [-0.05, 0) is 27.2 Å². The van der Waals surface area contributed by atoms with Crippen LogP contribution in [0.4, 0.5) is 13.2 Å². The molecule has 44 heavy (non-hydrogen) atoms. The normalized spacial score (nSPS) is 17.8. The Labute approximate surface area is 270 Å². The van der Waals surface area contributed by atoms with Crippen LogP contribution < -0.4 is 0 Å². The summed E-state index contributed by atoms with van der Waals surface area (Å²) in [5, 5.41) is -0.441. The fourth-order valence-electron chi connectivity index (χ4n) is 7.45. The van der Waals surface area contributed by atoms with Gasteiger partial charge in [0, 0.05) is 5.04 Å². The van der Waals surface area contributed by atoms with E-state index >= 15 is 0 Å². The lowest BCUT2D eigenvalue weighted by Crippen LogP contribution is -2.62. The van der Waals surface area contributed by atoms with E-state index in [-0.39, 0.29) is 11.1 Å². The molecule has 0 amide bonds. The van der Waals surface area contributed by atoms with Gasteiger partial charge in [-0.1, -0.05) is 181 Å². The van der Waals surface area contributed by atoms with Gasteiger partial charge in [0.25, 0.3) is 0 Å². The molecule has 3 nitrogen and oxygen atoms in total. The van der Waals surface area contributed by atoms with E-state index in [0.29, 0.717) is 17.9 Å². The van der Waals surface area contributed by atoms with Gasteiger partial charge in [0.05, 0.1) is 8.80 Å². The predicted molar refractivity (Wildman–Crippen MR) is 187 cm³/mol. The molecule has 4 unspecified atom stereocenters. The van der Waals surface area contributed by atoms with Crippen molar-refractivity contribution in [2.75, 3.05) is 0 Å². The molecule has 0 aliphatic carbocycles. The molecule has 0 bridgehead atoms. The molecule has 0 aromatic heterocycles. The minimum absolute atomic E-state index is 0.287. The molecular weight excluding hydrogens is 614 g/mol. The standard InChI is InChI=1S/C18H29F3O3SSi.C17H30Si/c1-7-14(3)26(15(4)8-2,24-25(22,23)18(19,20)21)17(5,6)16-12-10-9-11-13-16;1-7-14(3)18(15(4)8-2)17(5,6)16-12-10-9-11-13-16/h9-15H,7-8H2,1-6H3;9-15,18H,7-8H2,1-6H3. The highest BCUT2D eigenvalue weighted by atomic mass is 32.2. The fourth-order valence-corrected chi connectivity index (χ4v) is 22.3. The molecule has 0 heterocycles. The summed E-state index contributed by atoms with van der Waals surface area (Å²) in [6.07, 6.45) is 3.75. The van der Waals surface area contributed by atoms with Crippen LogP contribution in [0.25, 0.3) is 0 Å². The van der Waals surface area contributed by atoms with Crippen molar-refractivity contribution in [2.24, 2.45) is 0 Å². The van der Waals surface area contributed by atoms with Crippen LogP contribution in [0.1, 0.15) is 120 Å². The third-order valence-electron chi connectivity index (χ3n) is 10.6. The molecule has 0 radical (unpaired) electrons.